The molecule has 0 fully saturated rings. The molecule has 2 aromatic carbocycles. The van der Waals surface area contributed by atoms with Crippen LogP contribution in [0.3, 0.4) is 0 Å². The summed E-state index contributed by atoms with van der Waals surface area (Å²) < 4.78 is 21.5. The summed E-state index contributed by atoms with van der Waals surface area (Å²) in [4.78, 5) is 16.5. The molecule has 32 heavy (non-hydrogen) atoms. The smallest absolute Gasteiger partial charge is 0.438 e. The molecule has 0 aliphatic carbocycles. The van der Waals surface area contributed by atoms with Crippen LogP contribution in [0.2, 0.25) is 0 Å². The Morgan fingerprint density at radius 1 is 1.12 bits per heavy atom. The molecule has 0 unspecified atom stereocenters. The lowest BCUT2D eigenvalue weighted by atomic mass is 10.1. The molecule has 2 heterocycles. The van der Waals surface area contributed by atoms with Crippen LogP contribution in [0.4, 0.5) is 5.82 Å². The number of benzene rings is 2. The molecule has 4 rings (SSSR count). The third kappa shape index (κ3) is 4.02. The van der Waals surface area contributed by atoms with Gasteiger partial charge in [0.25, 0.3) is 5.49 Å². The third-order valence-electron chi connectivity index (χ3n) is 4.80. The van der Waals surface area contributed by atoms with E-state index < -0.39 is 10.7 Å². The number of methoxy groups -OCH3 is 2. The van der Waals surface area contributed by atoms with Gasteiger partial charge in [-0.3, -0.25) is 4.99 Å². The summed E-state index contributed by atoms with van der Waals surface area (Å²) in [5, 5.41) is 26.0. The SMILES string of the molecule is COc1ccc(CCN=c2c([N+](=O)[O-])nn(-c3ccc4c(c3)OCCO4)n2O)cc1OC. The van der Waals surface area contributed by atoms with Gasteiger partial charge in [0.15, 0.2) is 23.0 Å². The Kier molecular flexibility index (Phi) is 5.83. The molecule has 0 saturated carbocycles. The lowest BCUT2D eigenvalue weighted by Crippen LogP contribution is -2.23. The number of fused-ring (bicyclic) bond motifs is 1. The van der Waals surface area contributed by atoms with Gasteiger partial charge < -0.3 is 34.3 Å². The topological polar surface area (TPSA) is 135 Å². The van der Waals surface area contributed by atoms with Crippen molar-refractivity contribution in [3.05, 3.63) is 57.6 Å². The summed E-state index contributed by atoms with van der Waals surface area (Å²) in [6, 6.07) is 10.2. The highest BCUT2D eigenvalue weighted by molar-refractivity contribution is 5.49. The molecule has 0 amide bonds. The maximum atomic E-state index is 11.5. The molecule has 168 valence electrons. The van der Waals surface area contributed by atoms with Crippen LogP contribution in [-0.4, -0.2) is 58.8 Å². The van der Waals surface area contributed by atoms with Crippen LogP contribution in [0.5, 0.6) is 23.0 Å². The number of aromatic nitrogens is 3. The average Bonchev–Trinajstić information content (AvgIpc) is 3.15. The zero-order valence-corrected chi connectivity index (χ0v) is 17.4. The summed E-state index contributed by atoms with van der Waals surface area (Å²) in [6.07, 6.45) is 0.451. The molecule has 0 spiro atoms. The molecule has 3 aromatic rings. The van der Waals surface area contributed by atoms with E-state index in [1.807, 2.05) is 6.07 Å². The van der Waals surface area contributed by atoms with Crippen LogP contribution >= 0.6 is 0 Å². The Morgan fingerprint density at radius 2 is 1.88 bits per heavy atom. The van der Waals surface area contributed by atoms with Gasteiger partial charge in [-0.1, -0.05) is 10.9 Å². The van der Waals surface area contributed by atoms with Crippen molar-refractivity contribution in [3.63, 3.8) is 0 Å². The van der Waals surface area contributed by atoms with Crippen LogP contribution in [-0.2, 0) is 6.42 Å². The summed E-state index contributed by atoms with van der Waals surface area (Å²) in [5.74, 6) is 1.59. The molecule has 1 N–H and O–H groups in total. The van der Waals surface area contributed by atoms with Crippen molar-refractivity contribution >= 4 is 5.82 Å². The van der Waals surface area contributed by atoms with Gasteiger partial charge in [0.2, 0.25) is 0 Å². The fourth-order valence-corrected chi connectivity index (χ4v) is 3.26. The van der Waals surface area contributed by atoms with E-state index in [9.17, 15) is 15.3 Å². The second-order valence-electron chi connectivity index (χ2n) is 6.73. The third-order valence-corrected chi connectivity index (χ3v) is 4.80. The molecule has 0 atom stereocenters. The summed E-state index contributed by atoms with van der Waals surface area (Å²) in [7, 11) is 3.08. The van der Waals surface area contributed by atoms with Crippen molar-refractivity contribution in [2.75, 3.05) is 34.0 Å². The quantitative estimate of drug-likeness (QED) is 0.331. The standard InChI is InChI=1S/C20H21N5O7/c1-29-15-5-3-13(11-17(15)30-2)7-8-21-19-20(25(27)28)22-23(24(19)26)14-4-6-16-18(12-14)32-10-9-31-16/h3-6,11-12,26H,7-10H2,1-2H3. The molecule has 1 aromatic heterocycles. The van der Waals surface area contributed by atoms with Gasteiger partial charge in [-0.2, -0.15) is 0 Å². The lowest BCUT2D eigenvalue weighted by molar-refractivity contribution is -0.391. The van der Waals surface area contributed by atoms with E-state index in [4.69, 9.17) is 18.9 Å². The Morgan fingerprint density at radius 3 is 2.59 bits per heavy atom. The van der Waals surface area contributed by atoms with Gasteiger partial charge in [-0.05, 0) is 46.0 Å². The first-order chi connectivity index (χ1) is 15.5. The first-order valence-corrected chi connectivity index (χ1v) is 9.69. The highest BCUT2D eigenvalue weighted by Gasteiger charge is 2.25. The van der Waals surface area contributed by atoms with Crippen LogP contribution in [0.15, 0.2) is 41.4 Å². The minimum Gasteiger partial charge on any atom is -0.493 e. The Balaban J connectivity index is 1.63. The number of hydrogen-bond acceptors (Lipinski definition) is 9. The highest BCUT2D eigenvalue weighted by atomic mass is 16.6. The van der Waals surface area contributed by atoms with Crippen LogP contribution < -0.4 is 24.4 Å². The van der Waals surface area contributed by atoms with Crippen molar-refractivity contribution < 1.29 is 29.1 Å². The normalized spacial score (nSPS) is 13.1. The van der Waals surface area contributed by atoms with Crippen molar-refractivity contribution in [2.45, 2.75) is 6.42 Å². The van der Waals surface area contributed by atoms with Crippen LogP contribution in [0, 0.1) is 10.1 Å². The number of hydrogen-bond donors (Lipinski definition) is 1. The average molecular weight is 443 g/mol. The first kappa shape index (κ1) is 21.0. The van der Waals surface area contributed by atoms with Gasteiger partial charge in [-0.25, -0.2) is 0 Å². The molecular formula is C20H21N5O7. The summed E-state index contributed by atoms with van der Waals surface area (Å²) >= 11 is 0. The molecule has 0 bridgehead atoms. The zero-order chi connectivity index (χ0) is 22.7. The lowest BCUT2D eigenvalue weighted by Gasteiger charge is -2.18. The van der Waals surface area contributed by atoms with Gasteiger partial charge in [0.05, 0.1) is 19.3 Å². The van der Waals surface area contributed by atoms with Gasteiger partial charge in [0.1, 0.15) is 18.9 Å². The Labute approximate surface area is 181 Å². The Hall–Kier alpha value is -4.22. The fraction of sp³-hybridized carbons (Fsp3) is 0.300. The minimum absolute atomic E-state index is 0.170. The predicted molar refractivity (Wildman–Crippen MR) is 110 cm³/mol. The maximum absolute atomic E-state index is 11.5. The molecule has 1 aliphatic rings. The maximum Gasteiger partial charge on any atom is 0.438 e. The number of nitrogens with zero attached hydrogens (tertiary/aromatic N) is 5. The molecule has 0 radical (unpaired) electrons. The summed E-state index contributed by atoms with van der Waals surface area (Å²) in [6.45, 7) is 0.984. The van der Waals surface area contributed by atoms with Crippen molar-refractivity contribution in [1.82, 2.24) is 14.7 Å². The highest BCUT2D eigenvalue weighted by Crippen LogP contribution is 2.32. The van der Waals surface area contributed by atoms with E-state index in [2.05, 4.69) is 10.1 Å². The monoisotopic (exact) mass is 443 g/mol. The molecular weight excluding hydrogens is 422 g/mol. The van der Waals surface area contributed by atoms with Crippen molar-refractivity contribution in [3.8, 4) is 28.7 Å². The minimum atomic E-state index is -0.698. The second-order valence-corrected chi connectivity index (χ2v) is 6.73. The van der Waals surface area contributed by atoms with Crippen LogP contribution in [0.1, 0.15) is 5.56 Å². The van der Waals surface area contributed by atoms with Crippen LogP contribution in [0.25, 0.3) is 5.69 Å². The molecule has 1 aliphatic heterocycles. The van der Waals surface area contributed by atoms with E-state index in [1.54, 1.807) is 37.4 Å². The van der Waals surface area contributed by atoms with Gasteiger partial charge >= 0.3 is 5.82 Å². The van der Waals surface area contributed by atoms with Gasteiger partial charge in [-0.15, -0.1) is 0 Å². The molecule has 0 saturated heterocycles. The zero-order valence-electron chi connectivity index (χ0n) is 17.4. The van der Waals surface area contributed by atoms with E-state index in [1.165, 1.54) is 7.11 Å². The van der Waals surface area contributed by atoms with E-state index in [-0.39, 0.29) is 12.0 Å². The summed E-state index contributed by atoms with van der Waals surface area (Å²) in [5.41, 5.74) is 0.962. The number of rotatable bonds is 7. The van der Waals surface area contributed by atoms with E-state index in [0.717, 1.165) is 10.4 Å². The first-order valence-electron chi connectivity index (χ1n) is 9.69. The van der Waals surface area contributed by atoms with E-state index >= 15 is 0 Å². The number of ether oxygens (including phenoxy) is 4. The Bertz CT molecular complexity index is 1220. The predicted octanol–water partition coefficient (Wildman–Crippen LogP) is 1.75. The van der Waals surface area contributed by atoms with Crippen molar-refractivity contribution in [1.29, 1.82) is 0 Å². The molecule has 12 nitrogen and oxygen atoms in total. The van der Waals surface area contributed by atoms with Gasteiger partial charge in [0, 0.05) is 12.6 Å². The second kappa shape index (κ2) is 8.88. The largest absolute Gasteiger partial charge is 0.493 e. The van der Waals surface area contributed by atoms with Crippen molar-refractivity contribution in [2.24, 2.45) is 4.99 Å². The molecule has 12 heteroatoms. The fourth-order valence-electron chi connectivity index (χ4n) is 3.26. The van der Waals surface area contributed by atoms with E-state index in [0.29, 0.717) is 53.2 Å². The number of nitro groups is 1.